The molecule has 1 aliphatic heterocycles. The van der Waals surface area contributed by atoms with E-state index in [0.29, 0.717) is 36.5 Å². The van der Waals surface area contributed by atoms with E-state index in [1.54, 1.807) is 43.3 Å². The molecule has 0 aromatic heterocycles. The van der Waals surface area contributed by atoms with Crippen LogP contribution in [0.15, 0.2) is 47.6 Å². The molecule has 0 spiro atoms. The van der Waals surface area contributed by atoms with Gasteiger partial charge in [0.05, 0.1) is 31.1 Å². The Balaban J connectivity index is 1.58. The second-order valence-corrected chi connectivity index (χ2v) is 8.85. The van der Waals surface area contributed by atoms with Crippen LogP contribution in [-0.4, -0.2) is 48.8 Å². The number of benzene rings is 2. The zero-order chi connectivity index (χ0) is 24.8. The van der Waals surface area contributed by atoms with Crippen LogP contribution in [0.1, 0.15) is 73.1 Å². The number of esters is 1. The zero-order valence-electron chi connectivity index (χ0n) is 20.3. The number of hydrazone groups is 1. The second-order valence-electron chi connectivity index (χ2n) is 8.85. The molecule has 1 saturated carbocycles. The Kier molecular flexibility index (Phi) is 8.02. The van der Waals surface area contributed by atoms with Gasteiger partial charge in [-0.2, -0.15) is 5.10 Å². The van der Waals surface area contributed by atoms with E-state index in [4.69, 9.17) is 25.0 Å². The lowest BCUT2D eigenvalue weighted by molar-refractivity contribution is -0.113. The number of hydrogen-bond donors (Lipinski definition) is 1. The summed E-state index contributed by atoms with van der Waals surface area (Å²) >= 11 is 0. The Morgan fingerprint density at radius 3 is 2.54 bits per heavy atom. The number of carbonyl (C=O) groups is 2. The molecular weight excluding hydrogens is 446 g/mol. The van der Waals surface area contributed by atoms with E-state index in [0.717, 1.165) is 36.0 Å². The van der Waals surface area contributed by atoms with Gasteiger partial charge >= 0.3 is 5.97 Å². The molecule has 0 radical (unpaired) electrons. The lowest BCUT2D eigenvalue weighted by atomic mass is 9.99. The summed E-state index contributed by atoms with van der Waals surface area (Å²) in [7, 11) is 1.64. The molecule has 0 saturated heterocycles. The highest BCUT2D eigenvalue weighted by molar-refractivity contribution is 6.01. The first-order valence-corrected chi connectivity index (χ1v) is 12.2. The summed E-state index contributed by atoms with van der Waals surface area (Å²) in [4.78, 5) is 23.8. The third-order valence-electron chi connectivity index (χ3n) is 6.55. The number of carbonyl (C=O) groups excluding carboxylic acids is 2. The van der Waals surface area contributed by atoms with Gasteiger partial charge in [-0.3, -0.25) is 5.01 Å². The SMILES string of the molecule is CCOC(=O)c1ccc(C(N)N2N=C(c3ccc(OC)c(OC4CCCC4)c3)CCC2C=O)cc1. The van der Waals surface area contributed by atoms with Gasteiger partial charge in [0.25, 0.3) is 0 Å². The van der Waals surface area contributed by atoms with Gasteiger partial charge in [-0.15, -0.1) is 0 Å². The number of ether oxygens (including phenoxy) is 3. The minimum Gasteiger partial charge on any atom is -0.493 e. The van der Waals surface area contributed by atoms with E-state index in [1.165, 1.54) is 12.8 Å². The van der Waals surface area contributed by atoms with Crippen molar-refractivity contribution < 1.29 is 23.8 Å². The van der Waals surface area contributed by atoms with Crippen molar-refractivity contribution in [3.05, 3.63) is 59.2 Å². The Morgan fingerprint density at radius 2 is 1.89 bits per heavy atom. The number of methoxy groups -OCH3 is 1. The van der Waals surface area contributed by atoms with E-state index in [2.05, 4.69) is 0 Å². The minimum absolute atomic E-state index is 0.203. The summed E-state index contributed by atoms with van der Waals surface area (Å²) in [6.07, 6.45) is 6.14. The maximum atomic E-state index is 12.0. The molecule has 2 aromatic rings. The monoisotopic (exact) mass is 479 g/mol. The number of nitrogens with zero attached hydrogens (tertiary/aromatic N) is 2. The van der Waals surface area contributed by atoms with Gasteiger partial charge in [-0.25, -0.2) is 4.79 Å². The van der Waals surface area contributed by atoms with E-state index in [9.17, 15) is 9.59 Å². The fourth-order valence-corrected chi connectivity index (χ4v) is 4.60. The summed E-state index contributed by atoms with van der Waals surface area (Å²) in [5.41, 5.74) is 9.49. The second kappa shape index (κ2) is 11.4. The third kappa shape index (κ3) is 5.65. The van der Waals surface area contributed by atoms with Crippen LogP contribution in [0, 0.1) is 0 Å². The van der Waals surface area contributed by atoms with Crippen molar-refractivity contribution in [2.75, 3.05) is 13.7 Å². The van der Waals surface area contributed by atoms with Crippen LogP contribution in [0.5, 0.6) is 11.5 Å². The smallest absolute Gasteiger partial charge is 0.338 e. The van der Waals surface area contributed by atoms with Crippen molar-refractivity contribution in [3.8, 4) is 11.5 Å². The van der Waals surface area contributed by atoms with Crippen LogP contribution in [0.25, 0.3) is 0 Å². The van der Waals surface area contributed by atoms with Gasteiger partial charge in [0.15, 0.2) is 11.5 Å². The normalized spacial score (nSPS) is 19.1. The average Bonchev–Trinajstić information content (AvgIpc) is 3.41. The van der Waals surface area contributed by atoms with Crippen molar-refractivity contribution in [2.45, 2.75) is 63.8 Å². The molecular formula is C27H33N3O5. The predicted octanol–water partition coefficient (Wildman–Crippen LogP) is 4.22. The third-order valence-corrected chi connectivity index (χ3v) is 6.55. The highest BCUT2D eigenvalue weighted by Crippen LogP contribution is 2.34. The van der Waals surface area contributed by atoms with E-state index >= 15 is 0 Å². The van der Waals surface area contributed by atoms with Gasteiger partial charge in [-0.1, -0.05) is 12.1 Å². The fraction of sp³-hybridized carbons (Fsp3) is 0.444. The predicted molar refractivity (Wildman–Crippen MR) is 133 cm³/mol. The first-order valence-electron chi connectivity index (χ1n) is 12.2. The van der Waals surface area contributed by atoms with Crippen molar-refractivity contribution in [1.29, 1.82) is 0 Å². The first kappa shape index (κ1) is 24.7. The summed E-state index contributed by atoms with van der Waals surface area (Å²) in [5, 5.41) is 6.45. The maximum absolute atomic E-state index is 12.0. The lowest BCUT2D eigenvalue weighted by Gasteiger charge is -2.35. The Bertz CT molecular complexity index is 1060. The highest BCUT2D eigenvalue weighted by atomic mass is 16.5. The number of nitrogens with two attached hydrogens (primary N) is 1. The van der Waals surface area contributed by atoms with Gasteiger partial charge in [0, 0.05) is 5.56 Å². The molecule has 4 rings (SSSR count). The van der Waals surface area contributed by atoms with Crippen LogP contribution in [-0.2, 0) is 9.53 Å². The topological polar surface area (TPSA) is 103 Å². The van der Waals surface area contributed by atoms with Crippen molar-refractivity contribution in [2.24, 2.45) is 10.8 Å². The van der Waals surface area contributed by atoms with E-state index in [-0.39, 0.29) is 12.1 Å². The van der Waals surface area contributed by atoms with Crippen molar-refractivity contribution >= 4 is 18.0 Å². The van der Waals surface area contributed by atoms with Crippen LogP contribution >= 0.6 is 0 Å². The lowest BCUT2D eigenvalue weighted by Crippen LogP contribution is -2.43. The van der Waals surface area contributed by atoms with Crippen molar-refractivity contribution in [1.82, 2.24) is 5.01 Å². The molecule has 2 N–H and O–H groups in total. The maximum Gasteiger partial charge on any atom is 0.338 e. The molecule has 35 heavy (non-hydrogen) atoms. The molecule has 1 fully saturated rings. The standard InChI is InChI=1S/C27H33N3O5/c1-3-34-27(32)19-10-8-18(9-11-19)26(28)30-21(17-31)13-14-23(29-30)20-12-15-24(33-2)25(16-20)35-22-6-4-5-7-22/h8-12,15-17,21-22,26H,3-7,13-14,28H2,1-2H3. The summed E-state index contributed by atoms with van der Waals surface area (Å²) in [6, 6.07) is 12.3. The van der Waals surface area contributed by atoms with Gasteiger partial charge in [0.1, 0.15) is 18.5 Å². The van der Waals surface area contributed by atoms with Crippen LogP contribution in [0.2, 0.25) is 0 Å². The minimum atomic E-state index is -0.649. The molecule has 2 unspecified atom stereocenters. The Labute approximate surface area is 206 Å². The summed E-state index contributed by atoms with van der Waals surface area (Å²) in [5.74, 6) is 1.02. The molecule has 8 heteroatoms. The molecule has 8 nitrogen and oxygen atoms in total. The highest BCUT2D eigenvalue weighted by Gasteiger charge is 2.29. The first-order chi connectivity index (χ1) is 17.0. The van der Waals surface area contributed by atoms with E-state index < -0.39 is 12.2 Å². The van der Waals surface area contributed by atoms with Gasteiger partial charge < -0.3 is 24.7 Å². The van der Waals surface area contributed by atoms with Gasteiger partial charge in [-0.05, 0) is 81.3 Å². The van der Waals surface area contributed by atoms with Crippen LogP contribution < -0.4 is 15.2 Å². The number of rotatable bonds is 9. The molecule has 1 heterocycles. The van der Waals surface area contributed by atoms with Crippen molar-refractivity contribution in [3.63, 3.8) is 0 Å². The molecule has 186 valence electrons. The average molecular weight is 480 g/mol. The Morgan fingerprint density at radius 1 is 1.14 bits per heavy atom. The van der Waals surface area contributed by atoms with Gasteiger partial charge in [0.2, 0.25) is 0 Å². The van der Waals surface area contributed by atoms with Crippen LogP contribution in [0.3, 0.4) is 0 Å². The molecule has 0 amide bonds. The quantitative estimate of drug-likeness (QED) is 0.424. The molecule has 2 atom stereocenters. The molecule has 1 aliphatic carbocycles. The zero-order valence-corrected chi connectivity index (χ0v) is 20.3. The summed E-state index contributed by atoms with van der Waals surface area (Å²) < 4.78 is 16.8. The molecule has 2 aliphatic rings. The van der Waals surface area contributed by atoms with E-state index in [1.807, 2.05) is 18.2 Å². The fourth-order valence-electron chi connectivity index (χ4n) is 4.60. The number of aldehydes is 1. The summed E-state index contributed by atoms with van der Waals surface area (Å²) in [6.45, 7) is 2.07. The van der Waals surface area contributed by atoms with Crippen LogP contribution in [0.4, 0.5) is 0 Å². The number of hydrogen-bond acceptors (Lipinski definition) is 8. The largest absolute Gasteiger partial charge is 0.493 e. The molecule has 2 aromatic carbocycles. The molecule has 0 bridgehead atoms. The Hall–Kier alpha value is -3.39.